The highest BCUT2D eigenvalue weighted by atomic mass is 35.5. The van der Waals surface area contributed by atoms with E-state index in [9.17, 15) is 8.78 Å². The highest BCUT2D eigenvalue weighted by molar-refractivity contribution is 6.30. The van der Waals surface area contributed by atoms with Crippen LogP contribution in [0.15, 0.2) is 60.7 Å². The van der Waals surface area contributed by atoms with Gasteiger partial charge in [-0.1, -0.05) is 92.7 Å². The van der Waals surface area contributed by atoms with Gasteiger partial charge in [0, 0.05) is 0 Å². The van der Waals surface area contributed by atoms with Crippen molar-refractivity contribution in [2.75, 3.05) is 0 Å². The van der Waals surface area contributed by atoms with Crippen LogP contribution in [0.4, 0.5) is 8.78 Å². The van der Waals surface area contributed by atoms with Crippen LogP contribution in [0.25, 0.3) is 0 Å². The summed E-state index contributed by atoms with van der Waals surface area (Å²) in [5.74, 6) is 0.365. The van der Waals surface area contributed by atoms with Gasteiger partial charge in [0.2, 0.25) is 0 Å². The van der Waals surface area contributed by atoms with E-state index in [4.69, 9.17) is 11.6 Å². The van der Waals surface area contributed by atoms with E-state index in [1.807, 2.05) is 0 Å². The van der Waals surface area contributed by atoms with Crippen LogP contribution in [0, 0.1) is 23.5 Å². The van der Waals surface area contributed by atoms with Crippen LogP contribution in [-0.4, -0.2) is 0 Å². The zero-order chi connectivity index (χ0) is 24.6. The largest absolute Gasteiger partial charge is 0.205 e. The van der Waals surface area contributed by atoms with Crippen molar-refractivity contribution in [3.8, 4) is 0 Å². The Morgan fingerprint density at radius 2 is 0.971 bits per heavy atom. The Kier molecular flexibility index (Phi) is 9.38. The molecule has 1 fully saturated rings. The predicted molar refractivity (Wildman–Crippen MR) is 143 cm³/mol. The molecule has 0 aromatic heterocycles. The lowest BCUT2D eigenvalue weighted by molar-refractivity contribution is 0.253. The average molecular weight is 495 g/mol. The zero-order valence-corrected chi connectivity index (χ0v) is 21.6. The van der Waals surface area contributed by atoms with Gasteiger partial charge in [-0.15, -0.1) is 0 Å². The van der Waals surface area contributed by atoms with Crippen molar-refractivity contribution in [2.45, 2.75) is 77.6 Å². The molecule has 0 nitrogen and oxygen atoms in total. The molecular weight excluding hydrogens is 458 g/mol. The number of rotatable bonds is 10. The summed E-state index contributed by atoms with van der Waals surface area (Å²) in [5.41, 5.74) is 6.12. The molecule has 3 aromatic carbocycles. The number of hydrogen-bond donors (Lipinski definition) is 0. The normalized spacial score (nSPS) is 18.1. The third-order valence-electron chi connectivity index (χ3n) is 7.85. The molecule has 0 spiro atoms. The number of aryl methyl sites for hydroxylation is 5. The molecule has 0 saturated heterocycles. The van der Waals surface area contributed by atoms with Crippen molar-refractivity contribution in [1.29, 1.82) is 0 Å². The quantitative estimate of drug-likeness (QED) is 0.246. The summed E-state index contributed by atoms with van der Waals surface area (Å²) >= 11 is 5.57. The molecule has 1 aliphatic rings. The first-order valence-corrected chi connectivity index (χ1v) is 13.7. The van der Waals surface area contributed by atoms with E-state index >= 15 is 0 Å². The summed E-state index contributed by atoms with van der Waals surface area (Å²) in [7, 11) is 0. The molecule has 3 heteroatoms. The van der Waals surface area contributed by atoms with Crippen LogP contribution in [-0.2, 0) is 32.1 Å². The molecule has 0 amide bonds. The lowest BCUT2D eigenvalue weighted by Gasteiger charge is -2.28. The summed E-state index contributed by atoms with van der Waals surface area (Å²) < 4.78 is 27.3. The maximum atomic E-state index is 13.6. The smallest absolute Gasteiger partial charge is 0.145 e. The van der Waals surface area contributed by atoms with E-state index in [2.05, 4.69) is 55.5 Å². The second kappa shape index (κ2) is 12.7. The first-order valence-electron chi connectivity index (χ1n) is 13.3. The molecule has 4 rings (SSSR count). The third kappa shape index (κ3) is 7.64. The fourth-order valence-electron chi connectivity index (χ4n) is 5.41. The summed E-state index contributed by atoms with van der Waals surface area (Å²) in [5, 5.41) is -0.427. The van der Waals surface area contributed by atoms with Gasteiger partial charge in [0.05, 0.1) is 0 Å². The highest BCUT2D eigenvalue weighted by Crippen LogP contribution is 2.34. The van der Waals surface area contributed by atoms with Crippen LogP contribution in [0.3, 0.4) is 0 Å². The van der Waals surface area contributed by atoms with Gasteiger partial charge in [-0.05, 0) is 96.7 Å². The minimum absolute atomic E-state index is 0.427. The first kappa shape index (κ1) is 25.9. The second-order valence-corrected chi connectivity index (χ2v) is 10.7. The van der Waals surface area contributed by atoms with Crippen LogP contribution < -0.4 is 0 Å². The van der Waals surface area contributed by atoms with Gasteiger partial charge >= 0.3 is 0 Å². The first-order chi connectivity index (χ1) is 17.0. The molecule has 1 aliphatic carbocycles. The number of benzene rings is 3. The second-order valence-electron chi connectivity index (χ2n) is 10.3. The van der Waals surface area contributed by atoms with E-state index in [-0.39, 0.29) is 0 Å². The molecule has 0 heterocycles. The Morgan fingerprint density at radius 3 is 1.40 bits per heavy atom. The SMILES string of the molecule is CCc1ccc(CCC2CCC(CCc3ccc(CCc4cc(F)c(Cl)c(F)c4)cc3)CC2)cc1. The third-order valence-corrected chi connectivity index (χ3v) is 8.21. The molecule has 3 aromatic rings. The van der Waals surface area contributed by atoms with Gasteiger partial charge in [0.15, 0.2) is 0 Å². The van der Waals surface area contributed by atoms with Crippen LogP contribution >= 0.6 is 11.6 Å². The molecule has 0 atom stereocenters. The standard InChI is InChI=1S/C32H37ClF2/c1-2-23-3-5-24(6-4-23)7-8-25-9-11-26(12-10-25)13-14-27-15-17-28(18-16-27)19-20-29-21-30(34)32(33)31(35)22-29/h3-6,15-18,21-22,25-26H,2,7-14,19-20H2,1H3. The predicted octanol–water partition coefficient (Wildman–Crippen LogP) is 9.34. The van der Waals surface area contributed by atoms with E-state index in [0.29, 0.717) is 12.0 Å². The van der Waals surface area contributed by atoms with Crippen LogP contribution in [0.2, 0.25) is 5.02 Å². The monoisotopic (exact) mass is 494 g/mol. The van der Waals surface area contributed by atoms with Crippen molar-refractivity contribution < 1.29 is 8.78 Å². The Hall–Kier alpha value is -2.19. The molecule has 0 radical (unpaired) electrons. The Balaban J connectivity index is 1.15. The van der Waals surface area contributed by atoms with Gasteiger partial charge in [-0.3, -0.25) is 0 Å². The van der Waals surface area contributed by atoms with Crippen molar-refractivity contribution >= 4 is 11.6 Å². The van der Waals surface area contributed by atoms with Gasteiger partial charge < -0.3 is 0 Å². The number of halogens is 3. The molecular formula is C32H37ClF2. The molecule has 0 aliphatic heterocycles. The molecule has 0 bridgehead atoms. The Labute approximate surface area is 214 Å². The van der Waals surface area contributed by atoms with Crippen LogP contribution in [0.5, 0.6) is 0 Å². The van der Waals surface area contributed by atoms with E-state index < -0.39 is 16.7 Å². The Morgan fingerprint density at radius 1 is 0.600 bits per heavy atom. The lowest BCUT2D eigenvalue weighted by atomic mass is 9.77. The van der Waals surface area contributed by atoms with Gasteiger partial charge in [0.1, 0.15) is 16.7 Å². The molecule has 35 heavy (non-hydrogen) atoms. The topological polar surface area (TPSA) is 0 Å². The lowest BCUT2D eigenvalue weighted by Crippen LogP contribution is -2.15. The summed E-state index contributed by atoms with van der Waals surface area (Å²) in [6.45, 7) is 2.21. The minimum atomic E-state index is -0.687. The highest BCUT2D eigenvalue weighted by Gasteiger charge is 2.21. The van der Waals surface area contributed by atoms with Crippen molar-refractivity contribution in [2.24, 2.45) is 11.8 Å². The van der Waals surface area contributed by atoms with Crippen molar-refractivity contribution in [3.63, 3.8) is 0 Å². The van der Waals surface area contributed by atoms with E-state index in [0.717, 1.165) is 31.1 Å². The summed E-state index contributed by atoms with van der Waals surface area (Å²) in [6, 6.07) is 20.6. The minimum Gasteiger partial charge on any atom is -0.205 e. The fraction of sp³-hybridized carbons (Fsp3) is 0.438. The van der Waals surface area contributed by atoms with Crippen LogP contribution in [0.1, 0.15) is 73.3 Å². The molecule has 0 N–H and O–H groups in total. The van der Waals surface area contributed by atoms with E-state index in [1.165, 1.54) is 79.3 Å². The fourth-order valence-corrected chi connectivity index (χ4v) is 5.51. The van der Waals surface area contributed by atoms with Gasteiger partial charge in [0.25, 0.3) is 0 Å². The average Bonchev–Trinajstić information content (AvgIpc) is 2.89. The maximum absolute atomic E-state index is 13.6. The van der Waals surface area contributed by atoms with Gasteiger partial charge in [-0.25, -0.2) is 8.78 Å². The summed E-state index contributed by atoms with van der Waals surface area (Å²) in [4.78, 5) is 0. The van der Waals surface area contributed by atoms with Crippen molar-refractivity contribution in [1.82, 2.24) is 0 Å². The molecule has 186 valence electrons. The van der Waals surface area contributed by atoms with E-state index in [1.54, 1.807) is 0 Å². The zero-order valence-electron chi connectivity index (χ0n) is 20.8. The molecule has 0 unspecified atom stereocenters. The summed E-state index contributed by atoms with van der Waals surface area (Å²) in [6.07, 6.45) is 12.9. The maximum Gasteiger partial charge on any atom is 0.145 e. The van der Waals surface area contributed by atoms with Crippen molar-refractivity contribution in [3.05, 3.63) is 105 Å². The molecule has 1 saturated carbocycles. The van der Waals surface area contributed by atoms with Gasteiger partial charge in [-0.2, -0.15) is 0 Å². The Bertz CT molecular complexity index is 1040. The number of hydrogen-bond acceptors (Lipinski definition) is 0.